The maximum Gasteiger partial charge on any atom is 0.254 e. The Morgan fingerprint density at radius 3 is 2.41 bits per heavy atom. The molecule has 0 unspecified atom stereocenters. The normalized spacial score (nSPS) is 11.0. The van der Waals surface area contributed by atoms with Crippen LogP contribution in [0.4, 0.5) is 0 Å². The van der Waals surface area contributed by atoms with Gasteiger partial charge in [0.2, 0.25) is 5.91 Å². The van der Waals surface area contributed by atoms with Crippen molar-refractivity contribution in [1.29, 1.82) is 0 Å². The molecule has 0 radical (unpaired) electrons. The second-order valence-electron chi connectivity index (χ2n) is 8.58. The summed E-state index contributed by atoms with van der Waals surface area (Å²) in [4.78, 5) is 30.7. The summed E-state index contributed by atoms with van der Waals surface area (Å²) in [6.45, 7) is 7.02. The molecule has 0 spiro atoms. The highest BCUT2D eigenvalue weighted by atomic mass is 16.5. The molecule has 182 valence electrons. The van der Waals surface area contributed by atoms with Crippen LogP contribution in [0.15, 0.2) is 60.8 Å². The molecule has 6 nitrogen and oxygen atoms in total. The van der Waals surface area contributed by atoms with Crippen LogP contribution in [-0.4, -0.2) is 59.0 Å². The second-order valence-corrected chi connectivity index (χ2v) is 8.58. The molecule has 1 aromatic heterocycles. The lowest BCUT2D eigenvalue weighted by Gasteiger charge is -2.28. The van der Waals surface area contributed by atoms with Gasteiger partial charge in [-0.25, -0.2) is 0 Å². The van der Waals surface area contributed by atoms with Crippen molar-refractivity contribution >= 4 is 22.6 Å². The number of aromatic nitrogens is 1. The second kappa shape index (κ2) is 12.9. The maximum absolute atomic E-state index is 13.7. The summed E-state index contributed by atoms with van der Waals surface area (Å²) in [6.07, 6.45) is 4.61. The van der Waals surface area contributed by atoms with E-state index in [0.29, 0.717) is 44.8 Å². The van der Waals surface area contributed by atoms with Crippen LogP contribution in [0.25, 0.3) is 10.8 Å². The molecule has 1 heterocycles. The van der Waals surface area contributed by atoms with E-state index in [-0.39, 0.29) is 18.4 Å². The summed E-state index contributed by atoms with van der Waals surface area (Å²) in [6, 6.07) is 17.7. The van der Waals surface area contributed by atoms with E-state index >= 15 is 0 Å². The van der Waals surface area contributed by atoms with Gasteiger partial charge in [-0.3, -0.25) is 9.59 Å². The van der Waals surface area contributed by atoms with E-state index in [4.69, 9.17) is 4.74 Å². The molecule has 2 amide bonds. The van der Waals surface area contributed by atoms with Crippen molar-refractivity contribution in [2.75, 3.05) is 32.8 Å². The fraction of sp³-hybridized carbons (Fsp3) is 0.429. The summed E-state index contributed by atoms with van der Waals surface area (Å²) in [5, 5.41) is 1.92. The highest BCUT2D eigenvalue weighted by Gasteiger charge is 2.23. The average Bonchev–Trinajstić information content (AvgIpc) is 3.26. The molecule has 6 heteroatoms. The zero-order valence-corrected chi connectivity index (χ0v) is 20.7. The minimum atomic E-state index is -0.115. The molecule has 3 rings (SSSR count). The van der Waals surface area contributed by atoms with E-state index in [2.05, 4.69) is 6.92 Å². The minimum Gasteiger partial charge on any atom is -0.382 e. The number of amides is 2. The molecule has 0 aliphatic heterocycles. The number of rotatable bonds is 13. The van der Waals surface area contributed by atoms with Crippen LogP contribution in [0.1, 0.15) is 49.2 Å². The Morgan fingerprint density at radius 1 is 0.912 bits per heavy atom. The van der Waals surface area contributed by atoms with E-state index < -0.39 is 0 Å². The Bertz CT molecular complexity index is 1070. The van der Waals surface area contributed by atoms with Gasteiger partial charge in [0.1, 0.15) is 6.54 Å². The smallest absolute Gasteiger partial charge is 0.254 e. The molecule has 0 bridgehead atoms. The number of unbranched alkanes of at least 4 members (excludes halogenated alkanes) is 1. The Hall–Kier alpha value is -3.12. The minimum absolute atomic E-state index is 0.0281. The first-order valence-electron chi connectivity index (χ1n) is 12.3. The maximum atomic E-state index is 13.7. The number of carbonyl (C=O) groups is 2. The van der Waals surface area contributed by atoms with E-state index in [0.717, 1.165) is 29.3 Å². The first-order valence-corrected chi connectivity index (χ1v) is 12.3. The zero-order valence-electron chi connectivity index (χ0n) is 20.7. The summed E-state index contributed by atoms with van der Waals surface area (Å²) >= 11 is 0. The summed E-state index contributed by atoms with van der Waals surface area (Å²) in [7, 11) is 1.99. The Balaban J connectivity index is 1.82. The van der Waals surface area contributed by atoms with Crippen LogP contribution in [0, 0.1) is 0 Å². The number of fused-ring (bicyclic) bond motifs is 1. The average molecular weight is 464 g/mol. The topological polar surface area (TPSA) is 54.8 Å². The van der Waals surface area contributed by atoms with Crippen LogP contribution >= 0.6 is 0 Å². The molecule has 0 fully saturated rings. The van der Waals surface area contributed by atoms with Crippen LogP contribution in [0.2, 0.25) is 0 Å². The molecular formula is C28H37N3O3. The SMILES string of the molecule is CCCCN(Cc1cccn1C)C(=O)CN(CCCOCC)C(=O)c1cccc2ccccc12. The van der Waals surface area contributed by atoms with Gasteiger partial charge in [0, 0.05) is 50.8 Å². The van der Waals surface area contributed by atoms with Crippen molar-refractivity contribution in [3.63, 3.8) is 0 Å². The van der Waals surface area contributed by atoms with Crippen LogP contribution in [0.3, 0.4) is 0 Å². The van der Waals surface area contributed by atoms with Crippen LogP contribution in [-0.2, 0) is 23.1 Å². The summed E-state index contributed by atoms with van der Waals surface area (Å²) in [5.74, 6) is -0.143. The third-order valence-corrected chi connectivity index (χ3v) is 6.09. The van der Waals surface area contributed by atoms with Gasteiger partial charge >= 0.3 is 0 Å². The van der Waals surface area contributed by atoms with Crippen molar-refractivity contribution in [2.45, 2.75) is 39.7 Å². The quantitative estimate of drug-likeness (QED) is 0.340. The first kappa shape index (κ1) is 25.5. The van der Waals surface area contributed by atoms with Gasteiger partial charge in [-0.15, -0.1) is 0 Å². The lowest BCUT2D eigenvalue weighted by molar-refractivity contribution is -0.132. The molecular weight excluding hydrogens is 426 g/mol. The lowest BCUT2D eigenvalue weighted by atomic mass is 10.0. The van der Waals surface area contributed by atoms with E-state index in [1.165, 1.54) is 0 Å². The molecule has 34 heavy (non-hydrogen) atoms. The number of carbonyl (C=O) groups excluding carboxylic acids is 2. The Labute approximate surface area is 203 Å². The molecule has 0 aliphatic carbocycles. The largest absolute Gasteiger partial charge is 0.382 e. The van der Waals surface area contributed by atoms with E-state index in [1.807, 2.05) is 84.2 Å². The van der Waals surface area contributed by atoms with Gasteiger partial charge in [0.05, 0.1) is 6.54 Å². The lowest BCUT2D eigenvalue weighted by Crippen LogP contribution is -2.44. The molecule has 0 N–H and O–H groups in total. The summed E-state index contributed by atoms with van der Waals surface area (Å²) in [5.41, 5.74) is 1.71. The Morgan fingerprint density at radius 2 is 1.68 bits per heavy atom. The fourth-order valence-electron chi connectivity index (χ4n) is 4.10. The van der Waals surface area contributed by atoms with Gasteiger partial charge in [0.25, 0.3) is 5.91 Å². The number of hydrogen-bond acceptors (Lipinski definition) is 3. The molecule has 0 atom stereocenters. The Kier molecular flexibility index (Phi) is 9.71. The summed E-state index contributed by atoms with van der Waals surface area (Å²) < 4.78 is 7.53. The number of hydrogen-bond donors (Lipinski definition) is 0. The number of ether oxygens (including phenoxy) is 1. The number of aryl methyl sites for hydroxylation is 1. The van der Waals surface area contributed by atoms with Gasteiger partial charge in [0.15, 0.2) is 0 Å². The van der Waals surface area contributed by atoms with Crippen LogP contribution < -0.4 is 0 Å². The van der Waals surface area contributed by atoms with E-state index in [1.54, 1.807) is 4.90 Å². The number of benzene rings is 2. The van der Waals surface area contributed by atoms with Gasteiger partial charge in [-0.1, -0.05) is 49.7 Å². The van der Waals surface area contributed by atoms with E-state index in [9.17, 15) is 9.59 Å². The van der Waals surface area contributed by atoms with Gasteiger partial charge < -0.3 is 19.1 Å². The van der Waals surface area contributed by atoms with Crippen LogP contribution in [0.5, 0.6) is 0 Å². The third-order valence-electron chi connectivity index (χ3n) is 6.09. The monoisotopic (exact) mass is 463 g/mol. The molecule has 3 aromatic rings. The van der Waals surface area contributed by atoms with Crippen molar-refractivity contribution in [1.82, 2.24) is 14.4 Å². The first-order chi connectivity index (χ1) is 16.5. The molecule has 0 aliphatic rings. The predicted octanol–water partition coefficient (Wildman–Crippen LogP) is 4.88. The number of nitrogens with zero attached hydrogens (tertiary/aromatic N) is 3. The van der Waals surface area contributed by atoms with Crippen molar-refractivity contribution in [3.05, 3.63) is 72.1 Å². The molecule has 0 saturated heterocycles. The van der Waals surface area contributed by atoms with Crippen molar-refractivity contribution < 1.29 is 14.3 Å². The molecule has 2 aromatic carbocycles. The highest BCUT2D eigenvalue weighted by molar-refractivity contribution is 6.07. The zero-order chi connectivity index (χ0) is 24.3. The highest BCUT2D eigenvalue weighted by Crippen LogP contribution is 2.20. The van der Waals surface area contributed by atoms with Crippen molar-refractivity contribution in [3.8, 4) is 0 Å². The predicted molar refractivity (Wildman–Crippen MR) is 137 cm³/mol. The van der Waals surface area contributed by atoms with Gasteiger partial charge in [-0.2, -0.15) is 0 Å². The standard InChI is InChI=1S/C28H37N3O3/c1-4-6-18-30(21-24-14-10-17-29(24)3)27(32)22-31(19-11-20-34-5-2)28(33)26-16-9-13-23-12-7-8-15-25(23)26/h7-10,12-17H,4-6,11,18-22H2,1-3H3. The fourth-order valence-corrected chi connectivity index (χ4v) is 4.10. The van der Waals surface area contributed by atoms with Gasteiger partial charge in [-0.05, 0) is 48.7 Å². The van der Waals surface area contributed by atoms with Crippen molar-refractivity contribution in [2.24, 2.45) is 7.05 Å². The molecule has 0 saturated carbocycles. The third kappa shape index (κ3) is 6.70.